The van der Waals surface area contributed by atoms with Gasteiger partial charge in [0, 0.05) is 4.47 Å². The second-order valence-corrected chi connectivity index (χ2v) is 4.81. The third kappa shape index (κ3) is 2.70. The molecule has 2 aromatic carbocycles. The lowest BCUT2D eigenvalue weighted by Gasteiger charge is -2.08. The Labute approximate surface area is 112 Å². The predicted octanol–water partition coefficient (Wildman–Crippen LogP) is 5.55. The monoisotopic (exact) mass is 316 g/mol. The van der Waals surface area contributed by atoms with Gasteiger partial charge in [0.1, 0.15) is 16.5 Å². The Bertz CT molecular complexity index is 497. The van der Waals surface area contributed by atoms with Crippen LogP contribution in [0.1, 0.15) is 0 Å². The highest BCUT2D eigenvalue weighted by molar-refractivity contribution is 9.10. The van der Waals surface area contributed by atoms with Crippen LogP contribution in [0.15, 0.2) is 46.9 Å². The van der Waals surface area contributed by atoms with E-state index in [9.17, 15) is 0 Å². The van der Waals surface area contributed by atoms with E-state index >= 15 is 0 Å². The molecule has 0 aliphatic heterocycles. The average molecular weight is 318 g/mol. The van der Waals surface area contributed by atoms with Crippen molar-refractivity contribution < 1.29 is 4.74 Å². The van der Waals surface area contributed by atoms with E-state index < -0.39 is 0 Å². The van der Waals surface area contributed by atoms with Gasteiger partial charge in [0.05, 0.1) is 5.02 Å². The molecule has 0 radical (unpaired) electrons. The van der Waals surface area contributed by atoms with Gasteiger partial charge in [-0.15, -0.1) is 0 Å². The molecule has 0 atom stereocenters. The average Bonchev–Trinajstić information content (AvgIpc) is 2.28. The summed E-state index contributed by atoms with van der Waals surface area (Å²) in [5.74, 6) is 1.27. The highest BCUT2D eigenvalue weighted by Gasteiger charge is 2.06. The van der Waals surface area contributed by atoms with Gasteiger partial charge in [-0.2, -0.15) is 0 Å². The molecule has 0 saturated heterocycles. The van der Waals surface area contributed by atoms with Gasteiger partial charge in [0.25, 0.3) is 0 Å². The van der Waals surface area contributed by atoms with E-state index in [1.54, 1.807) is 18.2 Å². The highest BCUT2D eigenvalue weighted by atomic mass is 79.9. The zero-order valence-corrected chi connectivity index (χ0v) is 11.2. The molecule has 2 aromatic rings. The highest BCUT2D eigenvalue weighted by Crippen LogP contribution is 2.34. The van der Waals surface area contributed by atoms with E-state index in [2.05, 4.69) is 15.9 Å². The molecule has 0 spiro atoms. The maximum Gasteiger partial charge on any atom is 0.147 e. The van der Waals surface area contributed by atoms with Crippen molar-refractivity contribution in [3.05, 3.63) is 57.0 Å². The molecule has 0 aliphatic rings. The summed E-state index contributed by atoms with van der Waals surface area (Å²) >= 11 is 15.2. The van der Waals surface area contributed by atoms with Gasteiger partial charge in [-0.3, -0.25) is 0 Å². The zero-order valence-electron chi connectivity index (χ0n) is 8.08. The number of rotatable bonds is 2. The van der Waals surface area contributed by atoms with Crippen LogP contribution in [0, 0.1) is 0 Å². The molecule has 0 amide bonds. The Hall–Kier alpha value is -0.700. The van der Waals surface area contributed by atoms with Gasteiger partial charge < -0.3 is 4.74 Å². The fraction of sp³-hybridized carbons (Fsp3) is 0. The summed E-state index contributed by atoms with van der Waals surface area (Å²) in [7, 11) is 0. The molecule has 0 aliphatic carbocycles. The number of benzene rings is 2. The van der Waals surface area contributed by atoms with E-state index in [4.69, 9.17) is 27.9 Å². The maximum atomic E-state index is 6.01. The van der Waals surface area contributed by atoms with Gasteiger partial charge in [-0.1, -0.05) is 45.2 Å². The van der Waals surface area contributed by atoms with E-state index in [1.165, 1.54) is 0 Å². The minimum absolute atomic E-state index is 0.423. The third-order valence-electron chi connectivity index (χ3n) is 1.96. The van der Waals surface area contributed by atoms with Crippen LogP contribution < -0.4 is 4.74 Å². The first-order valence-electron chi connectivity index (χ1n) is 4.54. The number of hydrogen-bond donors (Lipinski definition) is 0. The summed E-state index contributed by atoms with van der Waals surface area (Å²) in [5, 5.41) is 0.906. The van der Waals surface area contributed by atoms with Crippen molar-refractivity contribution in [3.63, 3.8) is 0 Å². The van der Waals surface area contributed by atoms with Crippen molar-refractivity contribution in [1.29, 1.82) is 0 Å². The largest absolute Gasteiger partial charge is 0.456 e. The Morgan fingerprint density at radius 1 is 0.938 bits per heavy atom. The SMILES string of the molecule is Clc1cccc(Oc2ccc(Br)cc2)c1Cl. The molecule has 2 rings (SSSR count). The first kappa shape index (κ1) is 11.8. The van der Waals surface area contributed by atoms with E-state index in [1.807, 2.05) is 24.3 Å². The predicted molar refractivity (Wildman–Crippen MR) is 70.7 cm³/mol. The van der Waals surface area contributed by atoms with Crippen LogP contribution in [-0.2, 0) is 0 Å². The number of hydrogen-bond acceptors (Lipinski definition) is 1. The van der Waals surface area contributed by atoms with Crippen molar-refractivity contribution in [1.82, 2.24) is 0 Å². The summed E-state index contributed by atoms with van der Waals surface area (Å²) in [6.07, 6.45) is 0. The van der Waals surface area contributed by atoms with Crippen LogP contribution in [0.2, 0.25) is 10.0 Å². The first-order valence-corrected chi connectivity index (χ1v) is 6.09. The summed E-state index contributed by atoms with van der Waals surface area (Å²) in [6, 6.07) is 12.8. The van der Waals surface area contributed by atoms with E-state index in [-0.39, 0.29) is 0 Å². The molecular weight excluding hydrogens is 311 g/mol. The van der Waals surface area contributed by atoms with Gasteiger partial charge in [-0.05, 0) is 36.4 Å². The Morgan fingerprint density at radius 2 is 1.62 bits per heavy atom. The van der Waals surface area contributed by atoms with Crippen LogP contribution in [0.4, 0.5) is 0 Å². The first-order chi connectivity index (χ1) is 7.66. The van der Waals surface area contributed by atoms with E-state index in [0.717, 1.165) is 4.47 Å². The smallest absolute Gasteiger partial charge is 0.147 e. The second-order valence-electron chi connectivity index (χ2n) is 3.11. The van der Waals surface area contributed by atoms with Crippen molar-refractivity contribution >= 4 is 39.1 Å². The number of ether oxygens (including phenoxy) is 1. The molecule has 1 nitrogen and oxygen atoms in total. The lowest BCUT2D eigenvalue weighted by atomic mass is 10.3. The van der Waals surface area contributed by atoms with Gasteiger partial charge in [0.2, 0.25) is 0 Å². The normalized spacial score (nSPS) is 10.2. The van der Waals surface area contributed by atoms with Crippen molar-refractivity contribution in [3.8, 4) is 11.5 Å². The molecule has 82 valence electrons. The lowest BCUT2D eigenvalue weighted by Crippen LogP contribution is -1.85. The molecule has 0 unspecified atom stereocenters. The molecule has 4 heteroatoms. The standard InChI is InChI=1S/C12H7BrCl2O/c13-8-4-6-9(7-5-8)16-11-3-1-2-10(14)12(11)15/h1-7H. The molecule has 0 N–H and O–H groups in total. The molecule has 0 bridgehead atoms. The van der Waals surface area contributed by atoms with Crippen molar-refractivity contribution in [2.45, 2.75) is 0 Å². The quantitative estimate of drug-likeness (QED) is 0.705. The Kier molecular flexibility index (Phi) is 3.74. The zero-order chi connectivity index (χ0) is 11.5. The molecule has 16 heavy (non-hydrogen) atoms. The molecule has 0 aromatic heterocycles. The summed E-state index contributed by atoms with van der Waals surface area (Å²) in [5.41, 5.74) is 0. The molecular formula is C12H7BrCl2O. The second kappa shape index (κ2) is 5.09. The van der Waals surface area contributed by atoms with Crippen molar-refractivity contribution in [2.75, 3.05) is 0 Å². The topological polar surface area (TPSA) is 9.23 Å². The minimum Gasteiger partial charge on any atom is -0.456 e. The third-order valence-corrected chi connectivity index (χ3v) is 3.29. The minimum atomic E-state index is 0.423. The van der Waals surface area contributed by atoms with Crippen LogP contribution >= 0.6 is 39.1 Å². The van der Waals surface area contributed by atoms with Crippen LogP contribution in [0.3, 0.4) is 0 Å². The molecule has 0 saturated carbocycles. The van der Waals surface area contributed by atoms with Crippen LogP contribution in [0.5, 0.6) is 11.5 Å². The van der Waals surface area contributed by atoms with Crippen LogP contribution in [0.25, 0.3) is 0 Å². The summed E-state index contributed by atoms with van der Waals surface area (Å²) in [4.78, 5) is 0. The van der Waals surface area contributed by atoms with Crippen molar-refractivity contribution in [2.24, 2.45) is 0 Å². The molecule has 0 fully saturated rings. The summed E-state index contributed by atoms with van der Waals surface area (Å²) < 4.78 is 6.60. The Balaban J connectivity index is 2.27. The fourth-order valence-corrected chi connectivity index (χ4v) is 1.79. The number of halogens is 3. The Morgan fingerprint density at radius 3 is 2.31 bits per heavy atom. The lowest BCUT2D eigenvalue weighted by molar-refractivity contribution is 0.483. The molecule has 0 heterocycles. The fourth-order valence-electron chi connectivity index (χ4n) is 1.19. The van der Waals surface area contributed by atoms with Gasteiger partial charge in [0.15, 0.2) is 0 Å². The van der Waals surface area contributed by atoms with E-state index in [0.29, 0.717) is 21.5 Å². The maximum absolute atomic E-state index is 6.01. The summed E-state index contributed by atoms with van der Waals surface area (Å²) in [6.45, 7) is 0. The van der Waals surface area contributed by atoms with Gasteiger partial charge in [-0.25, -0.2) is 0 Å². The van der Waals surface area contributed by atoms with Crippen LogP contribution in [-0.4, -0.2) is 0 Å². The van der Waals surface area contributed by atoms with Gasteiger partial charge >= 0.3 is 0 Å².